The first-order valence-corrected chi connectivity index (χ1v) is 6.84. The van der Waals surface area contributed by atoms with Crippen molar-refractivity contribution in [2.24, 2.45) is 5.73 Å². The lowest BCUT2D eigenvalue weighted by Crippen LogP contribution is -2.40. The summed E-state index contributed by atoms with van der Waals surface area (Å²) in [4.78, 5) is 13.5. The molecule has 9 heteroatoms. The Kier molecular flexibility index (Phi) is 4.61. The molecule has 1 aromatic rings. The van der Waals surface area contributed by atoms with Gasteiger partial charge in [-0.05, 0) is 31.0 Å². The Hall–Kier alpha value is -1.77. The standard InChI is InChI=1S/C14H14F6N2O/c15-13(16,17)9-4-8(5-10(6-9)14(18,19)20)12(23)22-3-1-2-11(22)7-21/h4-6,11H,1-3,7,21H2. The van der Waals surface area contributed by atoms with Crippen LogP contribution in [0.25, 0.3) is 0 Å². The van der Waals surface area contributed by atoms with Gasteiger partial charge in [0.25, 0.3) is 5.91 Å². The zero-order valence-electron chi connectivity index (χ0n) is 11.8. The Morgan fingerprint density at radius 3 is 2.04 bits per heavy atom. The van der Waals surface area contributed by atoms with Crippen molar-refractivity contribution in [2.45, 2.75) is 31.2 Å². The molecule has 0 bridgehead atoms. The quantitative estimate of drug-likeness (QED) is 0.840. The van der Waals surface area contributed by atoms with Gasteiger partial charge in [-0.25, -0.2) is 0 Å². The van der Waals surface area contributed by atoms with E-state index in [2.05, 4.69) is 0 Å². The summed E-state index contributed by atoms with van der Waals surface area (Å²) in [5.74, 6) is -0.866. The van der Waals surface area contributed by atoms with Gasteiger partial charge in [0.2, 0.25) is 0 Å². The number of alkyl halides is 6. The normalized spacial score (nSPS) is 19.3. The minimum atomic E-state index is -4.98. The number of likely N-dealkylation sites (tertiary alicyclic amines) is 1. The Morgan fingerprint density at radius 2 is 1.61 bits per heavy atom. The largest absolute Gasteiger partial charge is 0.416 e. The number of nitrogens with zero attached hydrogens (tertiary/aromatic N) is 1. The van der Waals surface area contributed by atoms with Crippen LogP contribution in [0, 0.1) is 0 Å². The van der Waals surface area contributed by atoms with Gasteiger partial charge in [0.05, 0.1) is 11.1 Å². The highest BCUT2D eigenvalue weighted by Gasteiger charge is 2.38. The first-order valence-electron chi connectivity index (χ1n) is 6.84. The fourth-order valence-corrected chi connectivity index (χ4v) is 2.59. The van der Waals surface area contributed by atoms with Crippen molar-refractivity contribution < 1.29 is 31.1 Å². The molecule has 1 aliphatic rings. The van der Waals surface area contributed by atoms with Gasteiger partial charge in [0.15, 0.2) is 0 Å². The smallest absolute Gasteiger partial charge is 0.334 e. The van der Waals surface area contributed by atoms with Gasteiger partial charge in [0.1, 0.15) is 0 Å². The monoisotopic (exact) mass is 340 g/mol. The maximum Gasteiger partial charge on any atom is 0.416 e. The first-order chi connectivity index (χ1) is 10.5. The van der Waals surface area contributed by atoms with Gasteiger partial charge >= 0.3 is 12.4 Å². The number of halogens is 6. The minimum Gasteiger partial charge on any atom is -0.334 e. The summed E-state index contributed by atoms with van der Waals surface area (Å²) < 4.78 is 76.8. The van der Waals surface area contributed by atoms with Gasteiger partial charge in [-0.1, -0.05) is 0 Å². The number of carbonyl (C=O) groups excluding carboxylic acids is 1. The number of rotatable bonds is 2. The molecule has 1 fully saturated rings. The predicted octanol–water partition coefficient (Wildman–Crippen LogP) is 3.29. The summed E-state index contributed by atoms with van der Waals surface area (Å²) in [5, 5.41) is 0. The Balaban J connectivity index is 2.47. The van der Waals surface area contributed by atoms with Crippen molar-refractivity contribution in [3.8, 4) is 0 Å². The maximum atomic E-state index is 12.8. The highest BCUT2D eigenvalue weighted by molar-refractivity contribution is 5.95. The van der Waals surface area contributed by atoms with E-state index in [0.717, 1.165) is 0 Å². The maximum absolute atomic E-state index is 12.8. The molecule has 2 rings (SSSR count). The van der Waals surface area contributed by atoms with Crippen LogP contribution in [0.5, 0.6) is 0 Å². The molecule has 0 aromatic heterocycles. The number of benzene rings is 1. The second-order valence-corrected chi connectivity index (χ2v) is 5.32. The molecule has 2 N–H and O–H groups in total. The zero-order chi connectivity index (χ0) is 17.4. The first kappa shape index (κ1) is 17.6. The van der Waals surface area contributed by atoms with Crippen LogP contribution in [0.4, 0.5) is 26.3 Å². The average Bonchev–Trinajstić information content (AvgIpc) is 2.92. The molecule has 0 radical (unpaired) electrons. The number of hydrogen-bond acceptors (Lipinski definition) is 2. The van der Waals surface area contributed by atoms with Crippen LogP contribution < -0.4 is 5.73 Å². The molecule has 1 aromatic carbocycles. The van der Waals surface area contributed by atoms with E-state index in [1.54, 1.807) is 0 Å². The van der Waals surface area contributed by atoms with Crippen molar-refractivity contribution >= 4 is 5.91 Å². The third kappa shape index (κ3) is 3.77. The third-order valence-corrected chi connectivity index (χ3v) is 3.74. The summed E-state index contributed by atoms with van der Waals surface area (Å²) in [6, 6.07) is 0.528. The highest BCUT2D eigenvalue weighted by atomic mass is 19.4. The average molecular weight is 340 g/mol. The molecule has 1 saturated heterocycles. The fourth-order valence-electron chi connectivity index (χ4n) is 2.59. The van der Waals surface area contributed by atoms with E-state index in [4.69, 9.17) is 5.73 Å². The van der Waals surface area contributed by atoms with Gasteiger partial charge in [-0.2, -0.15) is 26.3 Å². The zero-order valence-corrected chi connectivity index (χ0v) is 11.8. The van der Waals surface area contributed by atoms with Crippen LogP contribution in [0.3, 0.4) is 0 Å². The lowest BCUT2D eigenvalue weighted by molar-refractivity contribution is -0.143. The number of hydrogen-bond donors (Lipinski definition) is 1. The van der Waals surface area contributed by atoms with E-state index < -0.39 is 35.0 Å². The number of amides is 1. The van der Waals surface area contributed by atoms with Crippen molar-refractivity contribution in [2.75, 3.05) is 13.1 Å². The molecule has 1 unspecified atom stereocenters. The summed E-state index contributed by atoms with van der Waals surface area (Å²) in [7, 11) is 0. The SMILES string of the molecule is NCC1CCCN1C(=O)c1cc(C(F)(F)F)cc(C(F)(F)F)c1. The van der Waals surface area contributed by atoms with E-state index in [0.29, 0.717) is 25.0 Å². The van der Waals surface area contributed by atoms with E-state index in [9.17, 15) is 31.1 Å². The number of nitrogens with two attached hydrogens (primary N) is 1. The molecular weight excluding hydrogens is 326 g/mol. The molecule has 1 aliphatic heterocycles. The summed E-state index contributed by atoms with van der Waals surface area (Å²) >= 11 is 0. The second-order valence-electron chi connectivity index (χ2n) is 5.32. The predicted molar refractivity (Wildman–Crippen MR) is 69.6 cm³/mol. The molecule has 23 heavy (non-hydrogen) atoms. The van der Waals surface area contributed by atoms with Crippen LogP contribution >= 0.6 is 0 Å². The summed E-state index contributed by atoms with van der Waals surface area (Å²) in [5.41, 5.74) is 1.85. The molecule has 0 saturated carbocycles. The van der Waals surface area contributed by atoms with Gasteiger partial charge in [-0.3, -0.25) is 4.79 Å². The van der Waals surface area contributed by atoms with E-state index in [1.807, 2.05) is 0 Å². The van der Waals surface area contributed by atoms with Crippen LogP contribution in [0.1, 0.15) is 34.3 Å². The molecule has 0 aliphatic carbocycles. The minimum absolute atomic E-state index is 0.00117. The molecule has 3 nitrogen and oxygen atoms in total. The van der Waals surface area contributed by atoms with Gasteiger partial charge in [0, 0.05) is 24.7 Å². The van der Waals surface area contributed by atoms with Crippen molar-refractivity contribution in [3.05, 3.63) is 34.9 Å². The van der Waals surface area contributed by atoms with Crippen LogP contribution in [-0.2, 0) is 12.4 Å². The van der Waals surface area contributed by atoms with Crippen LogP contribution in [-0.4, -0.2) is 29.9 Å². The van der Waals surface area contributed by atoms with Crippen LogP contribution in [0.15, 0.2) is 18.2 Å². The molecule has 0 spiro atoms. The van der Waals surface area contributed by atoms with Gasteiger partial charge in [-0.15, -0.1) is 0 Å². The van der Waals surface area contributed by atoms with E-state index >= 15 is 0 Å². The van der Waals surface area contributed by atoms with Crippen molar-refractivity contribution in [1.82, 2.24) is 4.90 Å². The van der Waals surface area contributed by atoms with Crippen LogP contribution in [0.2, 0.25) is 0 Å². The Morgan fingerprint density at radius 1 is 1.09 bits per heavy atom. The third-order valence-electron chi connectivity index (χ3n) is 3.74. The molecule has 1 atom stereocenters. The molecule has 1 heterocycles. The Bertz CT molecular complexity index is 564. The van der Waals surface area contributed by atoms with E-state index in [1.165, 1.54) is 4.90 Å². The van der Waals surface area contributed by atoms with Gasteiger partial charge < -0.3 is 10.6 Å². The fraction of sp³-hybridized carbons (Fsp3) is 0.500. The molecule has 128 valence electrons. The topological polar surface area (TPSA) is 46.3 Å². The van der Waals surface area contributed by atoms with E-state index in [-0.39, 0.29) is 25.2 Å². The molecule has 1 amide bonds. The summed E-state index contributed by atoms with van der Waals surface area (Å²) in [6.07, 6.45) is -8.77. The highest BCUT2D eigenvalue weighted by Crippen LogP contribution is 2.36. The lowest BCUT2D eigenvalue weighted by atomic mass is 10.0. The number of carbonyl (C=O) groups is 1. The summed E-state index contributed by atoms with van der Waals surface area (Å²) in [6.45, 7) is 0.370. The van der Waals surface area contributed by atoms with Crippen molar-refractivity contribution in [3.63, 3.8) is 0 Å². The lowest BCUT2D eigenvalue weighted by Gasteiger charge is -2.24. The second kappa shape index (κ2) is 6.03. The van der Waals surface area contributed by atoms with Crippen molar-refractivity contribution in [1.29, 1.82) is 0 Å². The molecular formula is C14H14F6N2O. The Labute approximate surface area is 128 Å².